The van der Waals surface area contributed by atoms with E-state index in [1.54, 1.807) is 0 Å². The van der Waals surface area contributed by atoms with E-state index in [9.17, 15) is 0 Å². The molecule has 0 N–H and O–H groups in total. The van der Waals surface area contributed by atoms with Crippen molar-refractivity contribution in [3.8, 4) is 0 Å². The van der Waals surface area contributed by atoms with Gasteiger partial charge < -0.3 is 24.8 Å². The summed E-state index contributed by atoms with van der Waals surface area (Å²) in [5.41, 5.74) is 6.24. The van der Waals surface area contributed by atoms with E-state index in [1.165, 1.54) is 68.0 Å². The van der Waals surface area contributed by atoms with Crippen LogP contribution in [0.5, 0.6) is 0 Å². The Balaban J connectivity index is 0.000000352. The van der Waals surface area contributed by atoms with E-state index >= 15 is 0 Å². The van der Waals surface area contributed by atoms with Crippen molar-refractivity contribution in [1.82, 2.24) is 0 Å². The molecule has 5 rings (SSSR count). The van der Waals surface area contributed by atoms with Gasteiger partial charge >= 0.3 is 63.8 Å². The van der Waals surface area contributed by atoms with Crippen molar-refractivity contribution in [1.29, 1.82) is 0 Å². The Morgan fingerprint density at radius 3 is 1.44 bits per heavy atom. The molecule has 0 aromatic heterocycles. The molecule has 0 saturated carbocycles. The molecule has 0 fully saturated rings. The van der Waals surface area contributed by atoms with Crippen LogP contribution < -0.4 is 24.8 Å². The van der Waals surface area contributed by atoms with Crippen LogP contribution >= 0.6 is 0 Å². The van der Waals surface area contributed by atoms with Gasteiger partial charge in [0, 0.05) is 0 Å². The molecule has 1 aliphatic carbocycles. The number of benzene rings is 3. The van der Waals surface area contributed by atoms with Crippen molar-refractivity contribution in [2.45, 2.75) is 80.1 Å². The molecule has 0 bridgehead atoms. The SMILES string of the molecule is CC(C)(C)c1ccc2[cH-]c3ccc(C(C)(C)C)cc3c2c1.CC1[C-]=CC(C(C)(C)C)=C1.[Cl-].[Cl-].[Zr+2]=[CH]c1ccccc1. The van der Waals surface area contributed by atoms with Crippen LogP contribution in [0.4, 0.5) is 0 Å². The third-order valence-corrected chi connectivity index (χ3v) is 8.02. The van der Waals surface area contributed by atoms with E-state index < -0.39 is 0 Å². The van der Waals surface area contributed by atoms with Crippen molar-refractivity contribution < 1.29 is 49.0 Å². The quantitative estimate of drug-likeness (QED) is 0.260. The molecule has 1 atom stereocenters. The zero-order chi connectivity index (χ0) is 29.0. The Morgan fingerprint density at radius 1 is 0.683 bits per heavy atom. The summed E-state index contributed by atoms with van der Waals surface area (Å²) < 4.78 is 2.17. The normalized spacial score (nSPS) is 14.6. The molecule has 0 radical (unpaired) electrons. The zero-order valence-electron chi connectivity index (χ0n) is 26.5. The van der Waals surface area contributed by atoms with E-state index in [-0.39, 0.29) is 35.6 Å². The van der Waals surface area contributed by atoms with Gasteiger partial charge in [0.25, 0.3) is 0 Å². The third-order valence-electron chi connectivity index (χ3n) is 7.20. The second-order valence-electron chi connectivity index (χ2n) is 13.8. The molecule has 0 aliphatic heterocycles. The van der Waals surface area contributed by atoms with Crippen molar-refractivity contribution in [3.63, 3.8) is 0 Å². The first-order chi connectivity index (χ1) is 18.1. The van der Waals surface area contributed by atoms with E-state index in [0.717, 1.165) is 0 Å². The number of hydrogen-bond donors (Lipinski definition) is 0. The molecular weight excluding hydrogens is 619 g/mol. The van der Waals surface area contributed by atoms with Crippen LogP contribution in [0, 0.1) is 17.4 Å². The molecule has 0 saturated heterocycles. The first-order valence-electron chi connectivity index (χ1n) is 14.1. The molecule has 0 spiro atoms. The summed E-state index contributed by atoms with van der Waals surface area (Å²) in [7, 11) is 0. The van der Waals surface area contributed by atoms with Gasteiger partial charge in [-0.15, -0.1) is 39.7 Å². The monoisotopic (exact) mass is 662 g/mol. The molecule has 4 aromatic carbocycles. The Bertz CT molecular complexity index is 1400. The summed E-state index contributed by atoms with van der Waals surface area (Å²) in [4.78, 5) is 0. The molecule has 1 aliphatic rings. The fourth-order valence-corrected chi connectivity index (χ4v) is 5.01. The van der Waals surface area contributed by atoms with Gasteiger partial charge in [-0.1, -0.05) is 116 Å². The van der Waals surface area contributed by atoms with Crippen LogP contribution in [0.25, 0.3) is 21.5 Å². The second kappa shape index (κ2) is 15.2. The number of rotatable bonds is 1. The Morgan fingerprint density at radius 2 is 1.15 bits per heavy atom. The van der Waals surface area contributed by atoms with Gasteiger partial charge in [0.05, 0.1) is 0 Å². The predicted octanol–water partition coefficient (Wildman–Crippen LogP) is 4.67. The summed E-state index contributed by atoms with van der Waals surface area (Å²) in [5, 5.41) is 5.49. The van der Waals surface area contributed by atoms with E-state index in [1.807, 2.05) is 6.07 Å². The van der Waals surface area contributed by atoms with Gasteiger partial charge in [-0.2, -0.15) is 11.6 Å². The summed E-state index contributed by atoms with van der Waals surface area (Å²) in [6.45, 7) is 22.5. The standard InChI is InChI=1S/C21H25.C10H15.C7H6.2ClH.Zr/c1-20(2,3)16-9-7-14-11-15-8-10-17(21(4,5)6)13-19(15)18(14)12-16;1-8-5-6-9(7-8)10(2,3)4;1-7-5-3-2-4-6-7;;;/h7-13H,1-6H3;6-8H,1-4H3;1-6H;2*1H;/q2*-1;;;;+2/p-2. The zero-order valence-corrected chi connectivity index (χ0v) is 30.5. The summed E-state index contributed by atoms with van der Waals surface area (Å²) in [6.07, 6.45) is 7.65. The van der Waals surface area contributed by atoms with Gasteiger partial charge in [-0.3, -0.25) is 6.08 Å². The van der Waals surface area contributed by atoms with Gasteiger partial charge in [-0.05, 0) is 10.8 Å². The Kier molecular flexibility index (Phi) is 13.8. The maximum absolute atomic E-state index is 3.26. The van der Waals surface area contributed by atoms with Crippen LogP contribution in [0.3, 0.4) is 0 Å². The van der Waals surface area contributed by atoms with Crippen LogP contribution in [0.15, 0.2) is 90.5 Å². The molecule has 0 amide bonds. The number of halogens is 2. The minimum atomic E-state index is 0. The van der Waals surface area contributed by atoms with Crippen LogP contribution in [0.1, 0.15) is 85.9 Å². The molecule has 0 heterocycles. The van der Waals surface area contributed by atoms with Gasteiger partial charge in [0.1, 0.15) is 0 Å². The van der Waals surface area contributed by atoms with Gasteiger partial charge in [0.2, 0.25) is 0 Å². The number of allylic oxidation sites excluding steroid dienone is 4. The first kappa shape index (κ1) is 37.4. The minimum absolute atomic E-state index is 0. The van der Waals surface area contributed by atoms with Crippen molar-refractivity contribution in [2.24, 2.45) is 11.3 Å². The van der Waals surface area contributed by atoms with Crippen LogP contribution in [-0.4, -0.2) is 3.71 Å². The molecule has 4 aromatic rings. The average Bonchev–Trinajstić information content (AvgIpc) is 3.47. The first-order valence-corrected chi connectivity index (χ1v) is 15.5. The predicted molar refractivity (Wildman–Crippen MR) is 171 cm³/mol. The van der Waals surface area contributed by atoms with E-state index in [2.05, 4.69) is 158 Å². The Labute approximate surface area is 277 Å². The third kappa shape index (κ3) is 10.5. The molecular formula is C38H46Cl2Zr-2. The molecule has 0 nitrogen and oxygen atoms in total. The Hall–Kier alpha value is -1.66. The van der Waals surface area contributed by atoms with Crippen molar-refractivity contribution >= 4 is 25.3 Å². The summed E-state index contributed by atoms with van der Waals surface area (Å²) in [6, 6.07) is 26.5. The van der Waals surface area contributed by atoms with Crippen molar-refractivity contribution in [2.75, 3.05) is 0 Å². The average molecular weight is 665 g/mol. The molecule has 218 valence electrons. The number of hydrogen-bond acceptors (Lipinski definition) is 0. The fourth-order valence-electron chi connectivity index (χ4n) is 4.53. The fraction of sp³-hybridized carbons (Fsp3) is 0.368. The molecule has 41 heavy (non-hydrogen) atoms. The molecule has 3 heteroatoms. The summed E-state index contributed by atoms with van der Waals surface area (Å²) in [5.74, 6) is 0.522. The number of fused-ring (bicyclic) bond motifs is 3. The van der Waals surface area contributed by atoms with E-state index in [4.69, 9.17) is 0 Å². The van der Waals surface area contributed by atoms with Gasteiger partial charge in [-0.25, -0.2) is 6.08 Å². The topological polar surface area (TPSA) is 0 Å². The van der Waals surface area contributed by atoms with E-state index in [0.29, 0.717) is 11.3 Å². The molecule has 1 unspecified atom stereocenters. The van der Waals surface area contributed by atoms with Gasteiger partial charge in [0.15, 0.2) is 0 Å². The van der Waals surface area contributed by atoms with Crippen LogP contribution in [-0.2, 0) is 35.1 Å². The van der Waals surface area contributed by atoms with Crippen LogP contribution in [0.2, 0.25) is 0 Å². The summed E-state index contributed by atoms with van der Waals surface area (Å²) >= 11 is 1.46. The second-order valence-corrected chi connectivity index (χ2v) is 14.5. The maximum atomic E-state index is 3.26. The van der Waals surface area contributed by atoms with Crippen molar-refractivity contribution in [3.05, 3.63) is 113 Å².